The minimum Gasteiger partial charge on any atom is -0.0843 e. The van der Waals surface area contributed by atoms with E-state index < -0.39 is 0 Å². The van der Waals surface area contributed by atoms with Gasteiger partial charge in [0.15, 0.2) is 0 Å². The summed E-state index contributed by atoms with van der Waals surface area (Å²) in [7, 11) is 0. The maximum Gasteiger partial charge on any atom is 0.0412 e. The Morgan fingerprint density at radius 2 is 1.03 bits per heavy atom. The van der Waals surface area contributed by atoms with Crippen LogP contribution in [-0.2, 0) is 0 Å². The zero-order valence-electron chi connectivity index (χ0n) is 15.7. The Balaban J connectivity index is 1.51. The van der Waals surface area contributed by atoms with Gasteiger partial charge in [-0.2, -0.15) is 0 Å². The summed E-state index contributed by atoms with van der Waals surface area (Å²) in [4.78, 5) is 0. The molecule has 0 saturated carbocycles. The first-order valence-corrected chi connectivity index (χ1v) is 10.2. The third-order valence-electron chi connectivity index (χ3n) is 5.90. The van der Waals surface area contributed by atoms with Gasteiger partial charge in [-0.25, -0.2) is 0 Å². The van der Waals surface area contributed by atoms with E-state index in [2.05, 4.69) is 84.9 Å². The van der Waals surface area contributed by atoms with Crippen molar-refractivity contribution >= 4 is 22.4 Å². The largest absolute Gasteiger partial charge is 0.0843 e. The number of halogens is 1. The zero-order valence-corrected chi connectivity index (χ0v) is 16.4. The molecule has 1 aliphatic carbocycles. The average Bonchev–Trinajstić information content (AvgIpc) is 3.10. The second kappa shape index (κ2) is 6.34. The van der Waals surface area contributed by atoms with E-state index in [-0.39, 0.29) is 0 Å². The van der Waals surface area contributed by atoms with Crippen LogP contribution in [0.25, 0.3) is 55.3 Å². The molecule has 0 bridgehead atoms. The molecule has 0 heterocycles. The molecule has 0 aromatic heterocycles. The van der Waals surface area contributed by atoms with Gasteiger partial charge in [0.1, 0.15) is 0 Å². The van der Waals surface area contributed by atoms with Gasteiger partial charge in [0.25, 0.3) is 0 Å². The third-order valence-corrected chi connectivity index (χ3v) is 6.14. The molecular formula is C28H17Cl. The maximum atomic E-state index is 6.16. The van der Waals surface area contributed by atoms with Gasteiger partial charge in [-0.05, 0) is 67.4 Å². The molecule has 5 aromatic rings. The molecule has 0 fully saturated rings. The highest BCUT2D eigenvalue weighted by atomic mass is 35.5. The van der Waals surface area contributed by atoms with Crippen LogP contribution in [0.1, 0.15) is 0 Å². The van der Waals surface area contributed by atoms with E-state index in [0.29, 0.717) is 0 Å². The van der Waals surface area contributed by atoms with Gasteiger partial charge < -0.3 is 0 Å². The third kappa shape index (κ3) is 2.53. The Kier molecular flexibility index (Phi) is 3.62. The van der Waals surface area contributed by atoms with Crippen LogP contribution < -0.4 is 0 Å². The molecule has 1 heteroatoms. The van der Waals surface area contributed by atoms with Gasteiger partial charge in [0.05, 0.1) is 0 Å². The summed E-state index contributed by atoms with van der Waals surface area (Å²) in [6, 6.07) is 36.7. The van der Waals surface area contributed by atoms with Gasteiger partial charge in [-0.3, -0.25) is 0 Å². The first-order valence-electron chi connectivity index (χ1n) is 9.81. The van der Waals surface area contributed by atoms with Crippen LogP contribution in [0.2, 0.25) is 5.02 Å². The summed E-state index contributed by atoms with van der Waals surface area (Å²) in [5, 5.41) is 3.44. The number of rotatable bonds is 2. The van der Waals surface area contributed by atoms with Gasteiger partial charge in [0, 0.05) is 5.02 Å². The molecule has 1 aliphatic rings. The van der Waals surface area contributed by atoms with Crippen LogP contribution in [0.5, 0.6) is 0 Å². The lowest BCUT2D eigenvalue weighted by molar-refractivity contribution is 1.60. The Hall–Kier alpha value is -3.35. The Morgan fingerprint density at radius 3 is 1.79 bits per heavy atom. The molecule has 136 valence electrons. The summed E-state index contributed by atoms with van der Waals surface area (Å²) >= 11 is 6.16. The van der Waals surface area contributed by atoms with Crippen molar-refractivity contribution in [1.29, 1.82) is 0 Å². The fourth-order valence-corrected chi connectivity index (χ4v) is 4.76. The predicted octanol–water partition coefficient (Wildman–Crippen LogP) is 8.47. The van der Waals surface area contributed by atoms with Crippen molar-refractivity contribution in [3.63, 3.8) is 0 Å². The van der Waals surface area contributed by atoms with E-state index >= 15 is 0 Å². The number of hydrogen-bond acceptors (Lipinski definition) is 0. The lowest BCUT2D eigenvalue weighted by Crippen LogP contribution is -1.84. The lowest BCUT2D eigenvalue weighted by Gasteiger charge is -2.11. The molecule has 0 nitrogen and oxygen atoms in total. The molecule has 0 radical (unpaired) electrons. The van der Waals surface area contributed by atoms with Crippen LogP contribution >= 0.6 is 11.6 Å². The normalized spacial score (nSPS) is 11.6. The van der Waals surface area contributed by atoms with Crippen LogP contribution in [-0.4, -0.2) is 0 Å². The number of hydrogen-bond donors (Lipinski definition) is 0. The Bertz CT molecular complexity index is 1360. The van der Waals surface area contributed by atoms with Crippen molar-refractivity contribution < 1.29 is 0 Å². The molecule has 0 aliphatic heterocycles. The average molecular weight is 389 g/mol. The van der Waals surface area contributed by atoms with E-state index in [1.54, 1.807) is 0 Å². The summed E-state index contributed by atoms with van der Waals surface area (Å²) in [5.41, 5.74) is 10.2. The van der Waals surface area contributed by atoms with Crippen molar-refractivity contribution in [3.8, 4) is 44.5 Å². The summed E-state index contributed by atoms with van der Waals surface area (Å²) < 4.78 is 0. The highest BCUT2D eigenvalue weighted by Crippen LogP contribution is 2.49. The highest BCUT2D eigenvalue weighted by molar-refractivity contribution is 6.30. The smallest absolute Gasteiger partial charge is 0.0412 e. The van der Waals surface area contributed by atoms with E-state index in [0.717, 1.165) is 10.6 Å². The first-order chi connectivity index (χ1) is 14.3. The van der Waals surface area contributed by atoms with E-state index in [4.69, 9.17) is 11.6 Å². The van der Waals surface area contributed by atoms with Gasteiger partial charge in [-0.15, -0.1) is 0 Å². The number of fused-ring (bicyclic) bond motifs is 3. The summed E-state index contributed by atoms with van der Waals surface area (Å²) in [6.45, 7) is 0. The minimum atomic E-state index is 0.763. The van der Waals surface area contributed by atoms with E-state index in [9.17, 15) is 0 Å². The van der Waals surface area contributed by atoms with Crippen LogP contribution in [0.15, 0.2) is 103 Å². The standard InChI is InChI=1S/C28H17Cl/c29-21-6-3-5-20(17-21)18-11-13-19(14-12-18)22-15-16-27-24-8-2-1-7-23(24)26-10-4-9-25(22)28(26)27/h1-17H. The van der Waals surface area contributed by atoms with Gasteiger partial charge >= 0.3 is 0 Å². The van der Waals surface area contributed by atoms with E-state index in [1.165, 1.54) is 49.7 Å². The van der Waals surface area contributed by atoms with Crippen LogP contribution in [0.4, 0.5) is 0 Å². The SMILES string of the molecule is Clc1cccc(-c2ccc(-c3ccc4c5c(cccc35)-c3ccccc3-4)cc2)c1. The van der Waals surface area contributed by atoms with Gasteiger partial charge in [0.2, 0.25) is 0 Å². The lowest BCUT2D eigenvalue weighted by atomic mass is 9.93. The molecule has 0 N–H and O–H groups in total. The second-order valence-electron chi connectivity index (χ2n) is 7.52. The Morgan fingerprint density at radius 1 is 0.414 bits per heavy atom. The van der Waals surface area contributed by atoms with E-state index in [1.807, 2.05) is 18.2 Å². The van der Waals surface area contributed by atoms with Crippen molar-refractivity contribution in [2.75, 3.05) is 0 Å². The molecule has 0 saturated heterocycles. The number of benzene rings is 5. The Labute approximate surface area is 175 Å². The van der Waals surface area contributed by atoms with Crippen molar-refractivity contribution in [3.05, 3.63) is 108 Å². The molecule has 0 unspecified atom stereocenters. The quantitative estimate of drug-likeness (QED) is 0.279. The second-order valence-corrected chi connectivity index (χ2v) is 7.96. The van der Waals surface area contributed by atoms with Gasteiger partial charge in [-0.1, -0.05) is 103 Å². The van der Waals surface area contributed by atoms with Crippen LogP contribution in [0, 0.1) is 0 Å². The van der Waals surface area contributed by atoms with Crippen molar-refractivity contribution in [1.82, 2.24) is 0 Å². The molecule has 0 amide bonds. The first kappa shape index (κ1) is 16.6. The topological polar surface area (TPSA) is 0 Å². The fraction of sp³-hybridized carbons (Fsp3) is 0. The molecule has 5 aromatic carbocycles. The molecular weight excluding hydrogens is 372 g/mol. The fourth-order valence-electron chi connectivity index (χ4n) is 4.57. The van der Waals surface area contributed by atoms with Crippen molar-refractivity contribution in [2.45, 2.75) is 0 Å². The summed E-state index contributed by atoms with van der Waals surface area (Å²) in [6.07, 6.45) is 0. The highest BCUT2D eigenvalue weighted by Gasteiger charge is 2.21. The molecule has 6 rings (SSSR count). The molecule has 29 heavy (non-hydrogen) atoms. The maximum absolute atomic E-state index is 6.16. The van der Waals surface area contributed by atoms with Crippen molar-refractivity contribution in [2.24, 2.45) is 0 Å². The molecule has 0 spiro atoms. The van der Waals surface area contributed by atoms with Crippen LogP contribution in [0.3, 0.4) is 0 Å². The monoisotopic (exact) mass is 388 g/mol. The molecule has 0 atom stereocenters. The zero-order chi connectivity index (χ0) is 19.4. The summed E-state index contributed by atoms with van der Waals surface area (Å²) in [5.74, 6) is 0. The predicted molar refractivity (Wildman–Crippen MR) is 124 cm³/mol. The minimum absolute atomic E-state index is 0.763.